The highest BCUT2D eigenvalue weighted by Gasteiger charge is 2.33. The summed E-state index contributed by atoms with van der Waals surface area (Å²) in [5, 5.41) is 4.06. The lowest BCUT2D eigenvalue weighted by molar-refractivity contribution is 0.192. The topological polar surface area (TPSA) is 72.4 Å². The van der Waals surface area contributed by atoms with E-state index in [4.69, 9.17) is 16.3 Å². The zero-order valence-corrected chi connectivity index (χ0v) is 15.6. The molecule has 1 aliphatic heterocycles. The summed E-state index contributed by atoms with van der Waals surface area (Å²) >= 11 is 7.26. The second-order valence-electron chi connectivity index (χ2n) is 5.80. The molecular formula is C15H18ClN3O3S2. The lowest BCUT2D eigenvalue weighted by Crippen LogP contribution is -2.35. The second-order valence-corrected chi connectivity index (χ2v) is 9.39. The average Bonchev–Trinajstić information content (AvgIpc) is 3.13. The van der Waals surface area contributed by atoms with E-state index in [1.54, 1.807) is 7.11 Å². The summed E-state index contributed by atoms with van der Waals surface area (Å²) < 4.78 is 33.3. The molecule has 24 heavy (non-hydrogen) atoms. The number of aromatic nitrogens is 2. The van der Waals surface area contributed by atoms with Crippen LogP contribution in [0.2, 0.25) is 4.34 Å². The smallest absolute Gasteiger partial charge is 0.151 e. The number of benzene rings is 1. The largest absolute Gasteiger partial charge is 0.497 e. The molecule has 0 unspecified atom stereocenters. The molecule has 0 amide bonds. The zero-order valence-electron chi connectivity index (χ0n) is 13.2. The van der Waals surface area contributed by atoms with Gasteiger partial charge in [0.25, 0.3) is 0 Å². The first-order chi connectivity index (χ1) is 11.5. The number of ether oxygens (including phenoxy) is 1. The molecule has 9 heteroatoms. The predicted octanol–water partition coefficient (Wildman–Crippen LogP) is 2.39. The van der Waals surface area contributed by atoms with Gasteiger partial charge in [0, 0.05) is 30.7 Å². The molecule has 0 N–H and O–H groups in total. The van der Waals surface area contributed by atoms with E-state index in [2.05, 4.69) is 14.5 Å². The van der Waals surface area contributed by atoms with Gasteiger partial charge in [-0.1, -0.05) is 28.2 Å². The van der Waals surface area contributed by atoms with Crippen molar-refractivity contribution in [3.05, 3.63) is 39.9 Å². The molecule has 1 aromatic carbocycles. The molecule has 3 rings (SSSR count). The Morgan fingerprint density at radius 1 is 1.33 bits per heavy atom. The maximum absolute atomic E-state index is 11.9. The monoisotopic (exact) mass is 387 g/mol. The fourth-order valence-electron chi connectivity index (χ4n) is 2.83. The van der Waals surface area contributed by atoms with Crippen molar-refractivity contribution < 1.29 is 13.2 Å². The molecule has 0 radical (unpaired) electrons. The summed E-state index contributed by atoms with van der Waals surface area (Å²) in [5.74, 6) is 1.21. The second kappa shape index (κ2) is 7.35. The molecule has 0 aliphatic carbocycles. The Morgan fingerprint density at radius 3 is 2.62 bits per heavy atom. The maximum Gasteiger partial charge on any atom is 0.151 e. The van der Waals surface area contributed by atoms with E-state index in [-0.39, 0.29) is 17.5 Å². The van der Waals surface area contributed by atoms with Crippen LogP contribution in [0.3, 0.4) is 0 Å². The number of nitrogens with zero attached hydrogens (tertiary/aromatic N) is 3. The minimum Gasteiger partial charge on any atom is -0.497 e. The normalized spacial score (nSPS) is 19.7. The lowest BCUT2D eigenvalue weighted by atomic mass is 10.1. The molecule has 1 saturated heterocycles. The standard InChI is InChI=1S/C15H18ClN3O3S2/c1-22-13-4-2-11(3-5-13)8-19(9-14-15(16)23-18-17-14)12-6-7-24(20,21)10-12/h2-5,12H,6-10H2,1H3/t12-/m1/s1. The van der Waals surface area contributed by atoms with Crippen molar-refractivity contribution in [2.75, 3.05) is 18.6 Å². The summed E-state index contributed by atoms with van der Waals surface area (Å²) in [6.07, 6.45) is 0.633. The van der Waals surface area contributed by atoms with E-state index in [1.165, 1.54) is 0 Å². The van der Waals surface area contributed by atoms with Gasteiger partial charge >= 0.3 is 0 Å². The molecule has 1 aliphatic rings. The molecule has 2 heterocycles. The first kappa shape index (κ1) is 17.6. The van der Waals surface area contributed by atoms with Crippen molar-refractivity contribution in [1.82, 2.24) is 14.5 Å². The quantitative estimate of drug-likeness (QED) is 0.757. The molecule has 6 nitrogen and oxygen atoms in total. The van der Waals surface area contributed by atoms with Crippen LogP contribution in [-0.2, 0) is 22.9 Å². The van der Waals surface area contributed by atoms with Crippen LogP contribution < -0.4 is 4.74 Å². The van der Waals surface area contributed by atoms with E-state index in [0.717, 1.165) is 22.8 Å². The van der Waals surface area contributed by atoms with Gasteiger partial charge in [0.15, 0.2) is 9.84 Å². The van der Waals surface area contributed by atoms with Crippen LogP contribution in [0.4, 0.5) is 0 Å². The number of halogens is 1. The molecule has 0 saturated carbocycles. The zero-order chi connectivity index (χ0) is 17.2. The van der Waals surface area contributed by atoms with Crippen LogP contribution >= 0.6 is 23.1 Å². The fraction of sp³-hybridized carbons (Fsp3) is 0.467. The van der Waals surface area contributed by atoms with Gasteiger partial charge in [0.1, 0.15) is 15.8 Å². The van der Waals surface area contributed by atoms with Crippen LogP contribution in [0.5, 0.6) is 5.75 Å². The van der Waals surface area contributed by atoms with Crippen molar-refractivity contribution in [2.45, 2.75) is 25.6 Å². The molecule has 0 spiro atoms. The van der Waals surface area contributed by atoms with Crippen LogP contribution in [-0.4, -0.2) is 47.6 Å². The van der Waals surface area contributed by atoms with Gasteiger partial charge in [-0.05, 0) is 24.1 Å². The van der Waals surface area contributed by atoms with Crippen LogP contribution in [0.1, 0.15) is 17.7 Å². The van der Waals surface area contributed by atoms with Crippen molar-refractivity contribution in [1.29, 1.82) is 0 Å². The summed E-state index contributed by atoms with van der Waals surface area (Å²) in [5.41, 5.74) is 1.78. The van der Waals surface area contributed by atoms with Gasteiger partial charge in [-0.3, -0.25) is 4.90 Å². The van der Waals surface area contributed by atoms with Crippen molar-refractivity contribution >= 4 is 33.0 Å². The minimum absolute atomic E-state index is 0.0325. The Hall–Kier alpha value is -1.22. The summed E-state index contributed by atoms with van der Waals surface area (Å²) in [7, 11) is -1.33. The van der Waals surface area contributed by atoms with E-state index in [9.17, 15) is 8.42 Å². The molecule has 1 atom stereocenters. The third-order valence-electron chi connectivity index (χ3n) is 4.13. The fourth-order valence-corrected chi connectivity index (χ4v) is 5.20. The minimum atomic E-state index is -2.96. The van der Waals surface area contributed by atoms with Crippen LogP contribution in [0, 0.1) is 0 Å². The Kier molecular flexibility index (Phi) is 5.39. The average molecular weight is 388 g/mol. The molecule has 0 bridgehead atoms. The van der Waals surface area contributed by atoms with Crippen LogP contribution in [0.25, 0.3) is 0 Å². The highest BCUT2D eigenvalue weighted by molar-refractivity contribution is 7.91. The Balaban J connectivity index is 1.79. The highest BCUT2D eigenvalue weighted by Crippen LogP contribution is 2.25. The third kappa shape index (κ3) is 4.24. The molecule has 2 aromatic rings. The van der Waals surface area contributed by atoms with Crippen molar-refractivity contribution in [3.63, 3.8) is 0 Å². The SMILES string of the molecule is COc1ccc(CN(Cc2nnsc2Cl)[C@@H]2CCS(=O)(=O)C2)cc1. The van der Waals surface area contributed by atoms with Gasteiger partial charge in [-0.2, -0.15) is 0 Å². The third-order valence-corrected chi connectivity index (χ3v) is 6.87. The van der Waals surface area contributed by atoms with Gasteiger partial charge in [0.2, 0.25) is 0 Å². The number of methoxy groups -OCH3 is 1. The number of hydrogen-bond acceptors (Lipinski definition) is 7. The molecular weight excluding hydrogens is 370 g/mol. The van der Waals surface area contributed by atoms with Crippen LogP contribution in [0.15, 0.2) is 24.3 Å². The highest BCUT2D eigenvalue weighted by atomic mass is 35.5. The van der Waals surface area contributed by atoms with Gasteiger partial charge in [-0.25, -0.2) is 8.42 Å². The number of rotatable bonds is 6. The van der Waals surface area contributed by atoms with Gasteiger partial charge in [0.05, 0.1) is 18.6 Å². The van der Waals surface area contributed by atoms with Gasteiger partial charge in [-0.15, -0.1) is 5.10 Å². The van der Waals surface area contributed by atoms with E-state index in [1.807, 2.05) is 24.3 Å². The molecule has 1 fully saturated rings. The number of hydrogen-bond donors (Lipinski definition) is 0. The Bertz CT molecular complexity index is 793. The van der Waals surface area contributed by atoms with E-state index in [0.29, 0.717) is 29.5 Å². The maximum atomic E-state index is 11.9. The number of sulfone groups is 1. The molecule has 130 valence electrons. The summed E-state index contributed by atoms with van der Waals surface area (Å²) in [6.45, 7) is 1.11. The predicted molar refractivity (Wildman–Crippen MR) is 94.2 cm³/mol. The first-order valence-corrected chi connectivity index (χ1v) is 10.5. The van der Waals surface area contributed by atoms with Gasteiger partial charge < -0.3 is 4.74 Å². The summed E-state index contributed by atoms with van der Waals surface area (Å²) in [4.78, 5) is 2.12. The first-order valence-electron chi connectivity index (χ1n) is 7.51. The Labute approximate surface area is 150 Å². The Morgan fingerprint density at radius 2 is 2.08 bits per heavy atom. The molecule has 1 aromatic heterocycles. The van der Waals surface area contributed by atoms with Crippen molar-refractivity contribution in [2.24, 2.45) is 0 Å². The van der Waals surface area contributed by atoms with Crippen molar-refractivity contribution in [3.8, 4) is 5.75 Å². The lowest BCUT2D eigenvalue weighted by Gasteiger charge is -2.27. The van der Waals surface area contributed by atoms with E-state index < -0.39 is 9.84 Å². The van der Waals surface area contributed by atoms with E-state index >= 15 is 0 Å². The summed E-state index contributed by atoms with van der Waals surface area (Å²) in [6, 6.07) is 7.73.